The Kier molecular flexibility index (Phi) is 3.44. The van der Waals surface area contributed by atoms with E-state index < -0.39 is 5.97 Å². The van der Waals surface area contributed by atoms with Crippen LogP contribution in [0.15, 0.2) is 23.0 Å². The summed E-state index contributed by atoms with van der Waals surface area (Å²) in [4.78, 5) is 24.3. The number of aryl methyl sites for hydroxylation is 1. The zero-order valence-electron chi connectivity index (χ0n) is 13.1. The van der Waals surface area contributed by atoms with Crippen molar-refractivity contribution in [1.82, 2.24) is 14.2 Å². The minimum Gasteiger partial charge on any atom is -0.493 e. The van der Waals surface area contributed by atoms with E-state index in [2.05, 4.69) is 9.84 Å². The van der Waals surface area contributed by atoms with E-state index in [-0.39, 0.29) is 11.3 Å². The fourth-order valence-electron chi connectivity index (χ4n) is 2.52. The number of esters is 1. The third-order valence-corrected chi connectivity index (χ3v) is 3.71. The largest absolute Gasteiger partial charge is 0.493 e. The molecule has 0 radical (unpaired) electrons. The summed E-state index contributed by atoms with van der Waals surface area (Å²) in [7, 11) is 6.05. The lowest BCUT2D eigenvalue weighted by molar-refractivity contribution is 0.0593. The van der Waals surface area contributed by atoms with Crippen LogP contribution in [0.2, 0.25) is 0 Å². The summed E-state index contributed by atoms with van der Waals surface area (Å²) in [5.74, 6) is 0.344. The first kappa shape index (κ1) is 14.9. The number of nitrogens with zero attached hydrogens (tertiary/aromatic N) is 3. The monoisotopic (exact) mass is 317 g/mol. The first-order chi connectivity index (χ1) is 11.0. The van der Waals surface area contributed by atoms with Gasteiger partial charge in [-0.2, -0.15) is 9.61 Å². The van der Waals surface area contributed by atoms with Gasteiger partial charge in [-0.3, -0.25) is 4.79 Å². The SMILES string of the molecule is COC(=O)c1cc2n(C)c3cc(OC)c(OC)cc3c(=O)n2n1. The predicted octanol–water partition coefficient (Wildman–Crippen LogP) is 0.990. The summed E-state index contributed by atoms with van der Waals surface area (Å²) in [5.41, 5.74) is 0.810. The topological polar surface area (TPSA) is 84.1 Å². The maximum atomic E-state index is 12.7. The number of methoxy groups -OCH3 is 3. The quantitative estimate of drug-likeness (QED) is 0.670. The van der Waals surface area contributed by atoms with Crippen LogP contribution in [0.25, 0.3) is 16.6 Å². The van der Waals surface area contributed by atoms with Gasteiger partial charge in [-0.15, -0.1) is 0 Å². The average molecular weight is 317 g/mol. The van der Waals surface area contributed by atoms with Crippen LogP contribution in [0.1, 0.15) is 10.5 Å². The van der Waals surface area contributed by atoms with Crippen LogP contribution in [-0.2, 0) is 11.8 Å². The molecule has 0 amide bonds. The van der Waals surface area contributed by atoms with Crippen LogP contribution < -0.4 is 15.0 Å². The van der Waals surface area contributed by atoms with Crippen molar-refractivity contribution in [3.05, 3.63) is 34.2 Å². The number of aromatic nitrogens is 3. The van der Waals surface area contributed by atoms with E-state index in [1.807, 2.05) is 0 Å². The first-order valence-electron chi connectivity index (χ1n) is 6.74. The van der Waals surface area contributed by atoms with E-state index in [0.717, 1.165) is 0 Å². The summed E-state index contributed by atoms with van der Waals surface area (Å²) in [5, 5.41) is 4.43. The van der Waals surface area contributed by atoms with Gasteiger partial charge in [0.05, 0.1) is 32.2 Å². The van der Waals surface area contributed by atoms with E-state index in [1.54, 1.807) is 23.7 Å². The van der Waals surface area contributed by atoms with Gasteiger partial charge >= 0.3 is 5.97 Å². The Balaban J connectivity index is 2.44. The molecule has 2 aromatic heterocycles. The van der Waals surface area contributed by atoms with Crippen LogP contribution in [0.3, 0.4) is 0 Å². The molecule has 0 unspecified atom stereocenters. The second-order valence-electron chi connectivity index (χ2n) is 4.88. The Morgan fingerprint density at radius 3 is 2.35 bits per heavy atom. The first-order valence-corrected chi connectivity index (χ1v) is 6.74. The summed E-state index contributed by atoms with van der Waals surface area (Å²) in [6.45, 7) is 0. The van der Waals surface area contributed by atoms with Crippen LogP contribution >= 0.6 is 0 Å². The van der Waals surface area contributed by atoms with Crippen LogP contribution in [-0.4, -0.2) is 41.5 Å². The van der Waals surface area contributed by atoms with E-state index in [1.165, 1.54) is 31.9 Å². The summed E-state index contributed by atoms with van der Waals surface area (Å²) >= 11 is 0. The van der Waals surface area contributed by atoms with Gasteiger partial charge in [0.1, 0.15) is 5.65 Å². The molecule has 0 aliphatic carbocycles. The van der Waals surface area contributed by atoms with Crippen molar-refractivity contribution >= 4 is 22.5 Å². The van der Waals surface area contributed by atoms with Gasteiger partial charge < -0.3 is 18.8 Å². The van der Waals surface area contributed by atoms with E-state index in [0.29, 0.717) is 28.0 Å². The van der Waals surface area contributed by atoms with E-state index in [9.17, 15) is 9.59 Å². The molecular formula is C15H15N3O5. The highest BCUT2D eigenvalue weighted by Crippen LogP contribution is 2.31. The molecule has 3 aromatic rings. The number of ether oxygens (including phenoxy) is 3. The molecule has 3 rings (SSSR count). The van der Waals surface area contributed by atoms with Gasteiger partial charge in [-0.25, -0.2) is 4.79 Å². The highest BCUT2D eigenvalue weighted by molar-refractivity contribution is 5.90. The number of carbonyl (C=O) groups is 1. The molecule has 8 nitrogen and oxygen atoms in total. The maximum Gasteiger partial charge on any atom is 0.358 e. The predicted molar refractivity (Wildman–Crippen MR) is 82.4 cm³/mol. The van der Waals surface area contributed by atoms with Gasteiger partial charge in [0.25, 0.3) is 5.56 Å². The smallest absolute Gasteiger partial charge is 0.358 e. The Labute approximate surface area is 130 Å². The number of rotatable bonds is 3. The fourth-order valence-corrected chi connectivity index (χ4v) is 2.52. The second kappa shape index (κ2) is 5.31. The number of benzene rings is 1. The molecule has 1 aromatic carbocycles. The second-order valence-corrected chi connectivity index (χ2v) is 4.88. The Hall–Kier alpha value is -3.03. The highest BCUT2D eigenvalue weighted by atomic mass is 16.5. The molecule has 0 fully saturated rings. The minimum absolute atomic E-state index is 0.0643. The molecule has 0 saturated heterocycles. The highest BCUT2D eigenvalue weighted by Gasteiger charge is 2.18. The van der Waals surface area contributed by atoms with Crippen molar-refractivity contribution in [1.29, 1.82) is 0 Å². The van der Waals surface area contributed by atoms with Gasteiger partial charge in [-0.05, 0) is 6.07 Å². The number of carbonyl (C=O) groups excluding carboxylic acids is 1. The van der Waals surface area contributed by atoms with Crippen molar-refractivity contribution in [2.45, 2.75) is 0 Å². The lowest BCUT2D eigenvalue weighted by atomic mass is 10.2. The van der Waals surface area contributed by atoms with Crippen molar-refractivity contribution in [3.8, 4) is 11.5 Å². The zero-order chi connectivity index (χ0) is 16.7. The average Bonchev–Trinajstić information content (AvgIpc) is 3.03. The van der Waals surface area contributed by atoms with Crippen LogP contribution in [0.4, 0.5) is 0 Å². The minimum atomic E-state index is -0.604. The van der Waals surface area contributed by atoms with Crippen molar-refractivity contribution in [2.75, 3.05) is 21.3 Å². The number of hydrogen-bond acceptors (Lipinski definition) is 6. The number of fused-ring (bicyclic) bond motifs is 2. The fraction of sp³-hybridized carbons (Fsp3) is 0.267. The molecule has 0 N–H and O–H groups in total. The molecular weight excluding hydrogens is 302 g/mol. The molecule has 23 heavy (non-hydrogen) atoms. The van der Waals surface area contributed by atoms with Crippen molar-refractivity contribution < 1.29 is 19.0 Å². The van der Waals surface area contributed by atoms with E-state index >= 15 is 0 Å². The zero-order valence-corrected chi connectivity index (χ0v) is 13.1. The normalized spacial score (nSPS) is 11.0. The van der Waals surface area contributed by atoms with Gasteiger partial charge in [0.15, 0.2) is 17.2 Å². The molecule has 0 bridgehead atoms. The molecule has 0 saturated carbocycles. The molecule has 0 aliphatic rings. The maximum absolute atomic E-state index is 12.7. The Morgan fingerprint density at radius 2 is 1.74 bits per heavy atom. The molecule has 0 aliphatic heterocycles. The summed E-state index contributed by atoms with van der Waals surface area (Å²) in [6.07, 6.45) is 0. The lowest BCUT2D eigenvalue weighted by Crippen LogP contribution is -2.19. The third-order valence-electron chi connectivity index (χ3n) is 3.71. The summed E-state index contributed by atoms with van der Waals surface area (Å²) < 4.78 is 18.1. The van der Waals surface area contributed by atoms with Gasteiger partial charge in [-0.1, -0.05) is 0 Å². The lowest BCUT2D eigenvalue weighted by Gasteiger charge is -2.12. The van der Waals surface area contributed by atoms with E-state index in [4.69, 9.17) is 9.47 Å². The standard InChI is InChI=1S/C15H15N3O5/c1-17-10-7-12(22-3)11(21-2)5-8(10)14(19)18-13(17)6-9(16-18)15(20)23-4/h5-7H,1-4H3. The molecule has 0 spiro atoms. The van der Waals surface area contributed by atoms with Crippen molar-refractivity contribution in [3.63, 3.8) is 0 Å². The van der Waals surface area contributed by atoms with Gasteiger partial charge in [0.2, 0.25) is 0 Å². The van der Waals surface area contributed by atoms with Crippen LogP contribution in [0, 0.1) is 0 Å². The Bertz CT molecular complexity index is 986. The summed E-state index contributed by atoms with van der Waals surface area (Å²) in [6, 6.07) is 4.80. The van der Waals surface area contributed by atoms with Crippen LogP contribution in [0.5, 0.6) is 11.5 Å². The van der Waals surface area contributed by atoms with Crippen molar-refractivity contribution in [2.24, 2.45) is 7.05 Å². The molecule has 120 valence electrons. The molecule has 8 heteroatoms. The molecule has 2 heterocycles. The number of hydrogen-bond donors (Lipinski definition) is 0. The van der Waals surface area contributed by atoms with Gasteiger partial charge in [0, 0.05) is 19.2 Å². The Morgan fingerprint density at radius 1 is 1.09 bits per heavy atom. The molecule has 0 atom stereocenters. The third kappa shape index (κ3) is 2.10.